The minimum absolute atomic E-state index is 0.0953. The molecule has 1 aromatic heterocycles. The number of carbonyl (C=O) groups excluding carboxylic acids is 1. The van der Waals surface area contributed by atoms with Gasteiger partial charge in [0, 0.05) is 30.0 Å². The van der Waals surface area contributed by atoms with Gasteiger partial charge in [0.15, 0.2) is 11.5 Å². The van der Waals surface area contributed by atoms with Gasteiger partial charge in [-0.3, -0.25) is 4.79 Å². The summed E-state index contributed by atoms with van der Waals surface area (Å²) < 4.78 is 18.1. The molecule has 1 N–H and O–H groups in total. The summed E-state index contributed by atoms with van der Waals surface area (Å²) in [5.41, 5.74) is 1.56. The summed E-state index contributed by atoms with van der Waals surface area (Å²) in [4.78, 5) is 17.4. The Hall–Kier alpha value is -3.19. The SMILES string of the molecule is COc1ccc(CC(=O)N[C@H](c2ccc(Cl)cc2)c2nccn2C)c(OC)c1OC. The quantitative estimate of drug-likeness (QED) is 0.592. The summed E-state index contributed by atoms with van der Waals surface area (Å²) in [7, 11) is 6.49. The van der Waals surface area contributed by atoms with Gasteiger partial charge in [0.1, 0.15) is 11.9 Å². The molecule has 8 heteroatoms. The van der Waals surface area contributed by atoms with Crippen LogP contribution in [-0.4, -0.2) is 36.8 Å². The van der Waals surface area contributed by atoms with Crippen LogP contribution in [0, 0.1) is 0 Å². The van der Waals surface area contributed by atoms with Crippen LogP contribution in [0.3, 0.4) is 0 Å². The molecule has 0 fully saturated rings. The first kappa shape index (κ1) is 21.5. The first-order chi connectivity index (χ1) is 14.5. The van der Waals surface area contributed by atoms with E-state index in [0.29, 0.717) is 33.7 Å². The number of hydrogen-bond acceptors (Lipinski definition) is 5. The first-order valence-electron chi connectivity index (χ1n) is 9.28. The predicted molar refractivity (Wildman–Crippen MR) is 114 cm³/mol. The summed E-state index contributed by atoms with van der Waals surface area (Å²) >= 11 is 6.03. The Morgan fingerprint density at radius 1 is 1.07 bits per heavy atom. The van der Waals surface area contributed by atoms with Gasteiger partial charge in [0.2, 0.25) is 11.7 Å². The van der Waals surface area contributed by atoms with Gasteiger partial charge in [-0.25, -0.2) is 4.98 Å². The van der Waals surface area contributed by atoms with E-state index in [0.717, 1.165) is 5.56 Å². The lowest BCUT2D eigenvalue weighted by molar-refractivity contribution is -0.121. The van der Waals surface area contributed by atoms with Crippen molar-refractivity contribution in [3.8, 4) is 17.2 Å². The van der Waals surface area contributed by atoms with Crippen molar-refractivity contribution in [2.45, 2.75) is 12.5 Å². The number of aryl methyl sites for hydroxylation is 1. The second-order valence-electron chi connectivity index (χ2n) is 6.62. The summed E-state index contributed by atoms with van der Waals surface area (Å²) in [6.45, 7) is 0. The molecule has 0 saturated heterocycles. The fourth-order valence-electron chi connectivity index (χ4n) is 3.29. The number of aromatic nitrogens is 2. The van der Waals surface area contributed by atoms with Crippen molar-refractivity contribution < 1.29 is 19.0 Å². The van der Waals surface area contributed by atoms with Gasteiger partial charge in [-0.2, -0.15) is 0 Å². The molecule has 30 heavy (non-hydrogen) atoms. The standard InChI is InChI=1S/C22H24ClN3O4/c1-26-12-11-24-22(26)19(14-5-8-16(23)9-6-14)25-18(27)13-15-7-10-17(28-2)21(30-4)20(15)29-3/h5-12,19H,13H2,1-4H3,(H,25,27)/t19-/m1/s1. The molecule has 1 amide bonds. The number of methoxy groups -OCH3 is 3. The van der Waals surface area contributed by atoms with E-state index in [4.69, 9.17) is 25.8 Å². The second-order valence-corrected chi connectivity index (χ2v) is 7.06. The zero-order valence-electron chi connectivity index (χ0n) is 17.3. The number of halogens is 1. The van der Waals surface area contributed by atoms with Crippen molar-refractivity contribution in [1.29, 1.82) is 0 Å². The molecule has 0 unspecified atom stereocenters. The maximum Gasteiger partial charge on any atom is 0.225 e. The molecule has 0 bridgehead atoms. The number of imidazole rings is 1. The number of ether oxygens (including phenoxy) is 3. The number of rotatable bonds is 8. The molecule has 0 saturated carbocycles. The second kappa shape index (κ2) is 9.54. The molecule has 1 atom stereocenters. The van der Waals surface area contributed by atoms with E-state index in [9.17, 15) is 4.79 Å². The van der Waals surface area contributed by atoms with Crippen LogP contribution in [0.4, 0.5) is 0 Å². The van der Waals surface area contributed by atoms with Crippen molar-refractivity contribution in [1.82, 2.24) is 14.9 Å². The normalized spacial score (nSPS) is 11.6. The molecule has 3 rings (SSSR count). The van der Waals surface area contributed by atoms with Crippen molar-refractivity contribution in [3.63, 3.8) is 0 Å². The summed E-state index contributed by atoms with van der Waals surface area (Å²) in [6, 6.07) is 10.4. The van der Waals surface area contributed by atoms with Crippen LogP contribution in [0.2, 0.25) is 5.02 Å². The van der Waals surface area contributed by atoms with Crippen molar-refractivity contribution in [2.24, 2.45) is 7.05 Å². The molecule has 3 aromatic rings. The van der Waals surface area contributed by atoms with Crippen LogP contribution in [0.15, 0.2) is 48.8 Å². The third-order valence-electron chi connectivity index (χ3n) is 4.76. The lowest BCUT2D eigenvalue weighted by atomic mass is 10.0. The van der Waals surface area contributed by atoms with E-state index in [1.54, 1.807) is 37.6 Å². The zero-order chi connectivity index (χ0) is 21.7. The molecule has 158 valence electrons. The average Bonchev–Trinajstić information content (AvgIpc) is 3.17. The number of hydrogen-bond donors (Lipinski definition) is 1. The highest BCUT2D eigenvalue weighted by Gasteiger charge is 2.23. The third kappa shape index (κ3) is 4.52. The minimum Gasteiger partial charge on any atom is -0.493 e. The highest BCUT2D eigenvalue weighted by Crippen LogP contribution is 2.40. The smallest absolute Gasteiger partial charge is 0.225 e. The van der Waals surface area contributed by atoms with Gasteiger partial charge >= 0.3 is 0 Å². The molecule has 1 heterocycles. The van der Waals surface area contributed by atoms with Crippen LogP contribution in [0.5, 0.6) is 17.2 Å². The lowest BCUT2D eigenvalue weighted by Gasteiger charge is -2.20. The van der Waals surface area contributed by atoms with E-state index in [2.05, 4.69) is 10.3 Å². The van der Waals surface area contributed by atoms with Gasteiger partial charge in [-0.15, -0.1) is 0 Å². The van der Waals surface area contributed by atoms with Crippen molar-refractivity contribution >= 4 is 17.5 Å². The zero-order valence-corrected chi connectivity index (χ0v) is 18.1. The van der Waals surface area contributed by atoms with Crippen LogP contribution in [0.25, 0.3) is 0 Å². The summed E-state index contributed by atoms with van der Waals surface area (Å²) in [5, 5.41) is 3.69. The Kier molecular flexibility index (Phi) is 6.84. The van der Waals surface area contributed by atoms with E-state index in [-0.39, 0.29) is 12.3 Å². The largest absolute Gasteiger partial charge is 0.493 e. The first-order valence-corrected chi connectivity index (χ1v) is 9.66. The van der Waals surface area contributed by atoms with E-state index in [1.165, 1.54) is 14.2 Å². The van der Waals surface area contributed by atoms with Crippen LogP contribution >= 0.6 is 11.6 Å². The molecule has 0 aliphatic heterocycles. The van der Waals surface area contributed by atoms with Crippen molar-refractivity contribution in [2.75, 3.05) is 21.3 Å². The highest BCUT2D eigenvalue weighted by atomic mass is 35.5. The third-order valence-corrected chi connectivity index (χ3v) is 5.01. The van der Waals surface area contributed by atoms with Gasteiger partial charge in [-0.1, -0.05) is 29.8 Å². The number of amides is 1. The fraction of sp³-hybridized carbons (Fsp3) is 0.273. The van der Waals surface area contributed by atoms with Crippen LogP contribution in [-0.2, 0) is 18.3 Å². The Morgan fingerprint density at radius 2 is 1.77 bits per heavy atom. The molecule has 0 radical (unpaired) electrons. The number of carbonyl (C=O) groups is 1. The Bertz CT molecular complexity index is 1020. The molecule has 0 aliphatic rings. The highest BCUT2D eigenvalue weighted by molar-refractivity contribution is 6.30. The Labute approximate surface area is 180 Å². The Balaban J connectivity index is 1.89. The fourth-order valence-corrected chi connectivity index (χ4v) is 3.42. The Morgan fingerprint density at radius 3 is 2.33 bits per heavy atom. The van der Waals surface area contributed by atoms with Crippen molar-refractivity contribution in [3.05, 3.63) is 70.8 Å². The van der Waals surface area contributed by atoms with Crippen LogP contribution in [0.1, 0.15) is 23.0 Å². The summed E-state index contributed by atoms with van der Waals surface area (Å²) in [6.07, 6.45) is 3.63. The molecule has 0 aliphatic carbocycles. The molecular weight excluding hydrogens is 406 g/mol. The van der Waals surface area contributed by atoms with Crippen LogP contribution < -0.4 is 19.5 Å². The lowest BCUT2D eigenvalue weighted by Crippen LogP contribution is -2.32. The van der Waals surface area contributed by atoms with E-state index in [1.807, 2.05) is 29.9 Å². The van der Waals surface area contributed by atoms with E-state index < -0.39 is 6.04 Å². The van der Waals surface area contributed by atoms with Gasteiger partial charge in [-0.05, 0) is 23.8 Å². The number of benzene rings is 2. The van der Waals surface area contributed by atoms with Gasteiger partial charge < -0.3 is 24.1 Å². The molecule has 2 aromatic carbocycles. The maximum absolute atomic E-state index is 13.0. The van der Waals surface area contributed by atoms with E-state index >= 15 is 0 Å². The van der Waals surface area contributed by atoms with Gasteiger partial charge in [0.25, 0.3) is 0 Å². The molecular formula is C22H24ClN3O4. The average molecular weight is 430 g/mol. The molecule has 7 nitrogen and oxygen atoms in total. The maximum atomic E-state index is 13.0. The van der Waals surface area contributed by atoms with Gasteiger partial charge in [0.05, 0.1) is 27.8 Å². The number of nitrogens with one attached hydrogen (secondary N) is 1. The topological polar surface area (TPSA) is 74.6 Å². The molecule has 0 spiro atoms. The number of nitrogens with zero attached hydrogens (tertiary/aromatic N) is 2. The minimum atomic E-state index is -0.430. The predicted octanol–water partition coefficient (Wildman–Crippen LogP) is 3.55. The summed E-state index contributed by atoms with van der Waals surface area (Å²) in [5.74, 6) is 1.97. The monoisotopic (exact) mass is 429 g/mol.